The second kappa shape index (κ2) is 4.53. The minimum Gasteiger partial charge on any atom is -0.508 e. The average molecular weight is 221 g/mol. The van der Waals surface area contributed by atoms with E-state index in [1.165, 1.54) is 7.11 Å². The van der Waals surface area contributed by atoms with E-state index < -0.39 is 0 Å². The lowest BCUT2D eigenvalue weighted by atomic mass is 9.95. The van der Waals surface area contributed by atoms with Crippen LogP contribution in [0.5, 0.6) is 5.75 Å². The molecule has 1 fully saturated rings. The summed E-state index contributed by atoms with van der Waals surface area (Å²) in [6.45, 7) is 0.692. The summed E-state index contributed by atoms with van der Waals surface area (Å²) in [7, 11) is 1.39. The first-order valence-electron chi connectivity index (χ1n) is 5.31. The summed E-state index contributed by atoms with van der Waals surface area (Å²) < 4.78 is 4.68. The molecule has 0 amide bonds. The Morgan fingerprint density at radius 1 is 1.50 bits per heavy atom. The summed E-state index contributed by atoms with van der Waals surface area (Å²) in [6, 6.07) is 6.98. The maximum atomic E-state index is 11.3. The molecule has 4 heteroatoms. The molecule has 1 heterocycles. The molecule has 0 bridgehead atoms. The van der Waals surface area contributed by atoms with E-state index in [1.807, 2.05) is 12.1 Å². The molecule has 0 radical (unpaired) electrons. The number of esters is 1. The van der Waals surface area contributed by atoms with Gasteiger partial charge in [-0.3, -0.25) is 4.79 Å². The summed E-state index contributed by atoms with van der Waals surface area (Å²) in [5.74, 6) is 0.225. The van der Waals surface area contributed by atoms with Gasteiger partial charge in [0.2, 0.25) is 0 Å². The third kappa shape index (κ3) is 2.02. The van der Waals surface area contributed by atoms with Crippen molar-refractivity contribution in [3.63, 3.8) is 0 Å². The van der Waals surface area contributed by atoms with Crippen LogP contribution in [0.1, 0.15) is 17.9 Å². The van der Waals surface area contributed by atoms with Crippen LogP contribution in [0.3, 0.4) is 0 Å². The van der Waals surface area contributed by atoms with Crippen molar-refractivity contribution in [2.75, 3.05) is 13.7 Å². The van der Waals surface area contributed by atoms with E-state index in [-0.39, 0.29) is 17.9 Å². The van der Waals surface area contributed by atoms with E-state index in [9.17, 15) is 9.90 Å². The van der Waals surface area contributed by atoms with Crippen molar-refractivity contribution < 1.29 is 14.6 Å². The van der Waals surface area contributed by atoms with Crippen LogP contribution in [0.15, 0.2) is 24.3 Å². The quantitative estimate of drug-likeness (QED) is 0.732. The molecule has 2 N–H and O–H groups in total. The van der Waals surface area contributed by atoms with Crippen LogP contribution in [-0.2, 0) is 9.53 Å². The van der Waals surface area contributed by atoms with Gasteiger partial charge in [0.05, 0.1) is 7.11 Å². The van der Waals surface area contributed by atoms with Gasteiger partial charge in [0.25, 0.3) is 0 Å². The predicted octanol–water partition coefficient (Wildman–Crippen LogP) is 1.01. The first-order valence-corrected chi connectivity index (χ1v) is 5.31. The molecule has 0 spiro atoms. The van der Waals surface area contributed by atoms with Gasteiger partial charge < -0.3 is 15.2 Å². The number of nitrogens with one attached hydrogen (secondary N) is 1. The second-order valence-corrected chi connectivity index (χ2v) is 3.98. The number of para-hydroxylation sites is 1. The zero-order valence-corrected chi connectivity index (χ0v) is 9.14. The number of benzene rings is 1. The lowest BCUT2D eigenvalue weighted by molar-refractivity contribution is -0.142. The minimum absolute atomic E-state index is 0.172. The number of hydrogen-bond acceptors (Lipinski definition) is 4. The zero-order chi connectivity index (χ0) is 11.5. The molecule has 1 aliphatic heterocycles. The molecule has 16 heavy (non-hydrogen) atoms. The molecule has 0 aliphatic carbocycles. The van der Waals surface area contributed by atoms with E-state index in [4.69, 9.17) is 0 Å². The molecular weight excluding hydrogens is 206 g/mol. The Kier molecular flexibility index (Phi) is 3.10. The third-order valence-corrected chi connectivity index (χ3v) is 2.99. The van der Waals surface area contributed by atoms with Crippen molar-refractivity contribution in [1.29, 1.82) is 0 Å². The maximum Gasteiger partial charge on any atom is 0.322 e. The number of rotatable bonds is 2. The van der Waals surface area contributed by atoms with Gasteiger partial charge in [-0.15, -0.1) is 0 Å². The van der Waals surface area contributed by atoms with Crippen molar-refractivity contribution in [2.45, 2.75) is 18.4 Å². The Hall–Kier alpha value is -1.55. The van der Waals surface area contributed by atoms with E-state index in [2.05, 4.69) is 10.1 Å². The molecule has 2 rings (SSSR count). The van der Waals surface area contributed by atoms with Crippen LogP contribution in [0.2, 0.25) is 0 Å². The smallest absolute Gasteiger partial charge is 0.322 e. The maximum absolute atomic E-state index is 11.3. The Bertz CT molecular complexity index is 392. The monoisotopic (exact) mass is 221 g/mol. The van der Waals surface area contributed by atoms with Crippen LogP contribution in [0, 0.1) is 0 Å². The Balaban J connectivity index is 2.09. The van der Waals surface area contributed by atoms with Crippen molar-refractivity contribution in [3.05, 3.63) is 29.8 Å². The molecular formula is C12H15NO3. The van der Waals surface area contributed by atoms with Crippen LogP contribution < -0.4 is 5.32 Å². The van der Waals surface area contributed by atoms with Gasteiger partial charge in [-0.05, 0) is 18.1 Å². The number of carbonyl (C=O) groups is 1. The summed E-state index contributed by atoms with van der Waals surface area (Å²) in [5.41, 5.74) is 0.890. The summed E-state index contributed by atoms with van der Waals surface area (Å²) >= 11 is 0. The van der Waals surface area contributed by atoms with Gasteiger partial charge in [0.15, 0.2) is 0 Å². The Morgan fingerprint density at radius 3 is 2.94 bits per heavy atom. The highest BCUT2D eigenvalue weighted by molar-refractivity contribution is 5.76. The van der Waals surface area contributed by atoms with Crippen LogP contribution in [-0.4, -0.2) is 30.8 Å². The van der Waals surface area contributed by atoms with Gasteiger partial charge in [-0.1, -0.05) is 18.2 Å². The van der Waals surface area contributed by atoms with Gasteiger partial charge in [0.1, 0.15) is 11.8 Å². The fourth-order valence-corrected chi connectivity index (χ4v) is 2.13. The highest BCUT2D eigenvalue weighted by Crippen LogP contribution is 2.31. The van der Waals surface area contributed by atoms with Gasteiger partial charge >= 0.3 is 5.97 Å². The normalized spacial score (nSPS) is 24.3. The Morgan fingerprint density at radius 2 is 2.25 bits per heavy atom. The van der Waals surface area contributed by atoms with Crippen LogP contribution in [0.4, 0.5) is 0 Å². The minimum atomic E-state index is -0.255. The lowest BCUT2D eigenvalue weighted by Crippen LogP contribution is -2.31. The molecule has 1 aromatic rings. The van der Waals surface area contributed by atoms with E-state index in [0.717, 1.165) is 5.56 Å². The molecule has 0 aromatic heterocycles. The largest absolute Gasteiger partial charge is 0.508 e. The van der Waals surface area contributed by atoms with Crippen molar-refractivity contribution >= 4 is 5.97 Å². The van der Waals surface area contributed by atoms with E-state index in [0.29, 0.717) is 18.7 Å². The molecule has 1 aromatic carbocycles. The standard InChI is InChI=1S/C12H15NO3/c1-16-12(15)10-6-8(7-13-10)9-4-2-3-5-11(9)14/h2-5,8,10,13-14H,6-7H2,1H3. The molecule has 86 valence electrons. The number of ether oxygens (including phenoxy) is 1. The van der Waals surface area contributed by atoms with Gasteiger partial charge in [0, 0.05) is 12.5 Å². The number of phenols is 1. The first-order chi connectivity index (χ1) is 7.72. The van der Waals surface area contributed by atoms with Crippen LogP contribution >= 0.6 is 0 Å². The zero-order valence-electron chi connectivity index (χ0n) is 9.14. The fourth-order valence-electron chi connectivity index (χ4n) is 2.13. The third-order valence-electron chi connectivity index (χ3n) is 2.99. The molecule has 4 nitrogen and oxygen atoms in total. The van der Waals surface area contributed by atoms with Gasteiger partial charge in [-0.2, -0.15) is 0 Å². The number of aromatic hydroxyl groups is 1. The first kappa shape index (κ1) is 11.0. The van der Waals surface area contributed by atoms with Crippen molar-refractivity contribution in [2.24, 2.45) is 0 Å². The van der Waals surface area contributed by atoms with Crippen molar-refractivity contribution in [1.82, 2.24) is 5.32 Å². The SMILES string of the molecule is COC(=O)C1CC(c2ccccc2O)CN1. The summed E-state index contributed by atoms with van der Waals surface area (Å²) in [6.07, 6.45) is 0.671. The molecule has 2 atom stereocenters. The highest BCUT2D eigenvalue weighted by Gasteiger charge is 2.31. The molecule has 1 saturated heterocycles. The number of hydrogen-bond donors (Lipinski definition) is 2. The van der Waals surface area contributed by atoms with E-state index >= 15 is 0 Å². The predicted molar refractivity (Wildman–Crippen MR) is 59.3 cm³/mol. The topological polar surface area (TPSA) is 58.6 Å². The highest BCUT2D eigenvalue weighted by atomic mass is 16.5. The number of phenolic OH excluding ortho intramolecular Hbond substituents is 1. The summed E-state index contributed by atoms with van der Waals surface area (Å²) in [5, 5.41) is 12.8. The molecule has 0 saturated carbocycles. The molecule has 1 aliphatic rings. The lowest BCUT2D eigenvalue weighted by Gasteiger charge is -2.10. The van der Waals surface area contributed by atoms with E-state index in [1.54, 1.807) is 12.1 Å². The average Bonchev–Trinajstić information content (AvgIpc) is 2.78. The van der Waals surface area contributed by atoms with Gasteiger partial charge in [-0.25, -0.2) is 0 Å². The number of methoxy groups -OCH3 is 1. The van der Waals surface area contributed by atoms with Crippen molar-refractivity contribution in [3.8, 4) is 5.75 Å². The second-order valence-electron chi connectivity index (χ2n) is 3.98. The summed E-state index contributed by atoms with van der Waals surface area (Å²) in [4.78, 5) is 11.3. The number of carbonyl (C=O) groups excluding carboxylic acids is 1. The van der Waals surface area contributed by atoms with Crippen LogP contribution in [0.25, 0.3) is 0 Å². The molecule has 2 unspecified atom stereocenters. The Labute approximate surface area is 94.2 Å². The fraction of sp³-hybridized carbons (Fsp3) is 0.417.